The molecule has 1 fully saturated rings. The molecule has 31 heavy (non-hydrogen) atoms. The van der Waals surface area contributed by atoms with Gasteiger partial charge in [0.2, 0.25) is 0 Å². The summed E-state index contributed by atoms with van der Waals surface area (Å²) in [6.45, 7) is 1.94. The van der Waals surface area contributed by atoms with Crippen molar-refractivity contribution in [2.75, 3.05) is 0 Å². The number of aryl methyl sites for hydroxylation is 1. The molecule has 0 radical (unpaired) electrons. The van der Waals surface area contributed by atoms with Crippen molar-refractivity contribution in [3.63, 3.8) is 0 Å². The number of benzene rings is 2. The van der Waals surface area contributed by atoms with Crippen LogP contribution in [0.15, 0.2) is 68.4 Å². The van der Waals surface area contributed by atoms with Gasteiger partial charge in [0.25, 0.3) is 16.8 Å². The van der Waals surface area contributed by atoms with Gasteiger partial charge in [-0.3, -0.25) is 24.6 Å². The Kier molecular flexibility index (Phi) is 5.79. The maximum Gasteiger partial charge on any atom is 0.293 e. The molecule has 0 atom stereocenters. The molecule has 0 spiro atoms. The van der Waals surface area contributed by atoms with E-state index in [0.29, 0.717) is 17.1 Å². The standard InChI is InChI=1S/C22H15BrN2O5S/c1-13-5-7-17(18(9-13)25(28)29)19-8-6-16(30-19)11-20-21(26)24(22(27)31-20)12-14-3-2-4-15(23)10-14/h2-11H,12H2,1H3/b20-11+. The van der Waals surface area contributed by atoms with E-state index in [4.69, 9.17) is 4.42 Å². The largest absolute Gasteiger partial charge is 0.456 e. The van der Waals surface area contributed by atoms with E-state index in [2.05, 4.69) is 15.9 Å². The molecule has 1 aliphatic rings. The van der Waals surface area contributed by atoms with Crippen LogP contribution in [0.4, 0.5) is 10.5 Å². The topological polar surface area (TPSA) is 93.7 Å². The third kappa shape index (κ3) is 4.47. The lowest BCUT2D eigenvalue weighted by Gasteiger charge is -2.12. The number of nitrogens with zero attached hydrogens (tertiary/aromatic N) is 2. The van der Waals surface area contributed by atoms with Gasteiger partial charge in [-0.15, -0.1) is 0 Å². The number of nitro groups is 1. The first kappa shape index (κ1) is 21.1. The van der Waals surface area contributed by atoms with Crippen LogP contribution in [0, 0.1) is 17.0 Å². The zero-order valence-electron chi connectivity index (χ0n) is 16.2. The summed E-state index contributed by atoms with van der Waals surface area (Å²) in [5.74, 6) is 0.235. The lowest BCUT2D eigenvalue weighted by molar-refractivity contribution is -0.384. The van der Waals surface area contributed by atoms with E-state index < -0.39 is 10.8 Å². The Bertz CT molecular complexity index is 1250. The Morgan fingerprint density at radius 2 is 1.97 bits per heavy atom. The van der Waals surface area contributed by atoms with E-state index in [9.17, 15) is 19.7 Å². The molecule has 7 nitrogen and oxygen atoms in total. The van der Waals surface area contributed by atoms with Gasteiger partial charge < -0.3 is 4.42 Å². The van der Waals surface area contributed by atoms with Gasteiger partial charge in [-0.25, -0.2) is 0 Å². The number of halogens is 1. The molecule has 0 aliphatic carbocycles. The maximum absolute atomic E-state index is 12.7. The molecule has 2 aromatic carbocycles. The van der Waals surface area contributed by atoms with Gasteiger partial charge >= 0.3 is 0 Å². The molecule has 4 rings (SSSR count). The number of hydrogen-bond acceptors (Lipinski definition) is 6. The van der Waals surface area contributed by atoms with Crippen LogP contribution in [-0.2, 0) is 11.3 Å². The van der Waals surface area contributed by atoms with Crippen LogP contribution in [-0.4, -0.2) is 21.0 Å². The van der Waals surface area contributed by atoms with E-state index in [1.807, 2.05) is 24.3 Å². The van der Waals surface area contributed by atoms with Gasteiger partial charge in [-0.1, -0.05) is 34.1 Å². The van der Waals surface area contributed by atoms with E-state index in [1.54, 1.807) is 31.2 Å². The van der Waals surface area contributed by atoms with Crippen molar-refractivity contribution < 1.29 is 18.9 Å². The summed E-state index contributed by atoms with van der Waals surface area (Å²) < 4.78 is 6.59. The first-order valence-electron chi connectivity index (χ1n) is 9.17. The highest BCUT2D eigenvalue weighted by Gasteiger charge is 2.35. The Morgan fingerprint density at radius 1 is 1.16 bits per heavy atom. The summed E-state index contributed by atoms with van der Waals surface area (Å²) in [5, 5.41) is 11.0. The summed E-state index contributed by atoms with van der Waals surface area (Å²) >= 11 is 4.21. The smallest absolute Gasteiger partial charge is 0.293 e. The third-order valence-corrected chi connectivity index (χ3v) is 6.02. The lowest BCUT2D eigenvalue weighted by atomic mass is 10.1. The minimum absolute atomic E-state index is 0.0600. The number of nitro benzene ring substituents is 1. The fourth-order valence-corrected chi connectivity index (χ4v) is 4.42. The first-order chi connectivity index (χ1) is 14.8. The zero-order valence-corrected chi connectivity index (χ0v) is 18.6. The quantitative estimate of drug-likeness (QED) is 0.237. The second-order valence-corrected chi connectivity index (χ2v) is 8.79. The highest BCUT2D eigenvalue weighted by Crippen LogP contribution is 2.36. The van der Waals surface area contributed by atoms with Crippen molar-refractivity contribution in [1.29, 1.82) is 0 Å². The normalized spacial score (nSPS) is 15.2. The van der Waals surface area contributed by atoms with Crippen LogP contribution >= 0.6 is 27.7 Å². The number of rotatable bonds is 5. The Labute approximate surface area is 190 Å². The number of imide groups is 1. The number of furan rings is 1. The van der Waals surface area contributed by atoms with Crippen LogP contribution in [0.5, 0.6) is 0 Å². The second kappa shape index (κ2) is 8.52. The van der Waals surface area contributed by atoms with E-state index in [-0.39, 0.29) is 22.4 Å². The molecule has 1 saturated heterocycles. The Hall–Kier alpha value is -3.17. The monoisotopic (exact) mass is 498 g/mol. The summed E-state index contributed by atoms with van der Waals surface area (Å²) in [6, 6.07) is 15.5. The molecular weight excluding hydrogens is 484 g/mol. The molecule has 1 aliphatic heterocycles. The van der Waals surface area contributed by atoms with Crippen molar-refractivity contribution in [2.45, 2.75) is 13.5 Å². The van der Waals surface area contributed by atoms with Crippen LogP contribution in [0.3, 0.4) is 0 Å². The van der Waals surface area contributed by atoms with Crippen molar-refractivity contribution in [3.05, 3.63) is 91.0 Å². The van der Waals surface area contributed by atoms with Gasteiger partial charge in [0.1, 0.15) is 11.5 Å². The number of thioether (sulfide) groups is 1. The minimum atomic E-state index is -0.460. The molecule has 1 aromatic heterocycles. The van der Waals surface area contributed by atoms with Crippen molar-refractivity contribution >= 4 is 50.6 Å². The molecule has 0 bridgehead atoms. The fourth-order valence-electron chi connectivity index (χ4n) is 3.16. The molecule has 0 unspecified atom stereocenters. The Morgan fingerprint density at radius 3 is 2.71 bits per heavy atom. The van der Waals surface area contributed by atoms with Crippen LogP contribution in [0.25, 0.3) is 17.4 Å². The molecule has 0 N–H and O–H groups in total. The van der Waals surface area contributed by atoms with Gasteiger partial charge in [-0.05, 0) is 60.1 Å². The van der Waals surface area contributed by atoms with Crippen LogP contribution < -0.4 is 0 Å². The van der Waals surface area contributed by atoms with E-state index in [1.165, 1.54) is 17.0 Å². The van der Waals surface area contributed by atoms with Gasteiger partial charge in [-0.2, -0.15) is 0 Å². The number of hydrogen-bond donors (Lipinski definition) is 0. The lowest BCUT2D eigenvalue weighted by Crippen LogP contribution is -2.27. The van der Waals surface area contributed by atoms with Crippen molar-refractivity contribution in [3.8, 4) is 11.3 Å². The number of carbonyl (C=O) groups is 2. The Balaban J connectivity index is 1.58. The summed E-state index contributed by atoms with van der Waals surface area (Å²) in [4.78, 5) is 37.4. The summed E-state index contributed by atoms with van der Waals surface area (Å²) in [5.41, 5.74) is 1.87. The summed E-state index contributed by atoms with van der Waals surface area (Å²) in [6.07, 6.45) is 1.48. The molecule has 0 saturated carbocycles. The number of amides is 2. The van der Waals surface area contributed by atoms with E-state index in [0.717, 1.165) is 27.4 Å². The molecule has 2 heterocycles. The fraction of sp³-hybridized carbons (Fsp3) is 0.0909. The molecule has 9 heteroatoms. The van der Waals surface area contributed by atoms with Gasteiger partial charge in [0, 0.05) is 16.6 Å². The van der Waals surface area contributed by atoms with Gasteiger partial charge in [0.15, 0.2) is 0 Å². The SMILES string of the molecule is Cc1ccc(-c2ccc(/C=C3/SC(=O)N(Cc4cccc(Br)c4)C3=O)o2)c([N+](=O)[O-])c1. The van der Waals surface area contributed by atoms with Crippen LogP contribution in [0.1, 0.15) is 16.9 Å². The van der Waals surface area contributed by atoms with Gasteiger partial charge in [0.05, 0.1) is 21.9 Å². The average Bonchev–Trinajstić information content (AvgIpc) is 3.28. The molecule has 3 aromatic rings. The molecule has 156 valence electrons. The second-order valence-electron chi connectivity index (χ2n) is 6.88. The third-order valence-electron chi connectivity index (χ3n) is 4.62. The number of carbonyl (C=O) groups excluding carboxylic acids is 2. The minimum Gasteiger partial charge on any atom is -0.456 e. The summed E-state index contributed by atoms with van der Waals surface area (Å²) in [7, 11) is 0. The average molecular weight is 499 g/mol. The van der Waals surface area contributed by atoms with E-state index >= 15 is 0 Å². The predicted molar refractivity (Wildman–Crippen MR) is 121 cm³/mol. The first-order valence-corrected chi connectivity index (χ1v) is 10.8. The zero-order chi connectivity index (χ0) is 22.1. The van der Waals surface area contributed by atoms with Crippen LogP contribution in [0.2, 0.25) is 0 Å². The predicted octanol–water partition coefficient (Wildman–Crippen LogP) is 6.16. The highest BCUT2D eigenvalue weighted by molar-refractivity contribution is 9.10. The molecular formula is C22H15BrN2O5S. The maximum atomic E-state index is 12.7. The highest BCUT2D eigenvalue weighted by atomic mass is 79.9. The van der Waals surface area contributed by atoms with Crippen molar-refractivity contribution in [1.82, 2.24) is 4.90 Å². The molecule has 2 amide bonds. The van der Waals surface area contributed by atoms with Crippen molar-refractivity contribution in [2.24, 2.45) is 0 Å².